The van der Waals surface area contributed by atoms with Crippen molar-refractivity contribution >= 4 is 140 Å². The van der Waals surface area contributed by atoms with Crippen LogP contribution in [0, 0.1) is 0 Å². The monoisotopic (exact) mass is 1410 g/mol. The summed E-state index contributed by atoms with van der Waals surface area (Å²) in [6, 6.07) is 143. The molecule has 4 nitrogen and oxygen atoms in total. The van der Waals surface area contributed by atoms with Crippen LogP contribution in [-0.4, -0.2) is 18.3 Å². The molecule has 0 N–H and O–H groups in total. The van der Waals surface area contributed by atoms with Crippen molar-refractivity contribution < 1.29 is 0 Å². The van der Waals surface area contributed by atoms with Gasteiger partial charge in [0.1, 0.15) is 0 Å². The zero-order valence-electron chi connectivity index (χ0n) is 59.9. The fourth-order valence-electron chi connectivity index (χ4n) is 18.3. The minimum Gasteiger partial charge on any atom is -0.309 e. The molecule has 0 spiro atoms. The number of thiophene rings is 1. The summed E-state index contributed by atoms with van der Waals surface area (Å²) in [4.78, 5) is 0. The second-order valence-corrected chi connectivity index (χ2v) is 30.5. The van der Waals surface area contributed by atoms with Gasteiger partial charge >= 0.3 is 0 Å². The molecular formula is C105H66N4S. The van der Waals surface area contributed by atoms with Crippen LogP contribution in [0.5, 0.6) is 0 Å². The molecule has 0 fully saturated rings. The molecule has 23 aromatic rings. The quantitative estimate of drug-likeness (QED) is 0.144. The SMILES string of the molecule is c1ccc(-c2ccc(-n3c4ccccc4c4cc(-c5ccc6c(c5)c5ccc7c(c5n6-c5ccc6ccccc6c5)Cc5ccccc5-7)ccc43)cc2)cc1.c1ccc(-c2ccc(-n3c4ccccc4c4cc(-c5ccc6c(c5)c5ccc7sc8ccccc8c7c5n6-c5ccc6ccccc6c5)ccc43)cc2)cc1. The molecule has 0 aliphatic heterocycles. The van der Waals surface area contributed by atoms with Crippen LogP contribution < -0.4 is 0 Å². The Hall–Kier alpha value is -14.1. The highest BCUT2D eigenvalue weighted by Gasteiger charge is 2.27. The maximum atomic E-state index is 2.52. The van der Waals surface area contributed by atoms with Gasteiger partial charge in [-0.2, -0.15) is 0 Å². The van der Waals surface area contributed by atoms with Crippen molar-refractivity contribution in [2.45, 2.75) is 6.42 Å². The molecule has 110 heavy (non-hydrogen) atoms. The normalized spacial score (nSPS) is 12.1. The summed E-state index contributed by atoms with van der Waals surface area (Å²) >= 11 is 1.88. The summed E-state index contributed by atoms with van der Waals surface area (Å²) in [5.41, 5.74) is 29.9. The van der Waals surface area contributed by atoms with Crippen molar-refractivity contribution in [3.05, 3.63) is 399 Å². The van der Waals surface area contributed by atoms with E-state index < -0.39 is 0 Å². The Morgan fingerprint density at radius 3 is 1.12 bits per heavy atom. The maximum absolute atomic E-state index is 2.52. The van der Waals surface area contributed by atoms with E-state index in [1.807, 2.05) is 11.3 Å². The lowest BCUT2D eigenvalue weighted by Gasteiger charge is -2.12. The number of para-hydroxylation sites is 2. The lowest BCUT2D eigenvalue weighted by atomic mass is 9.99. The van der Waals surface area contributed by atoms with E-state index in [1.54, 1.807) is 0 Å². The highest BCUT2D eigenvalue weighted by molar-refractivity contribution is 7.26. The van der Waals surface area contributed by atoms with Gasteiger partial charge in [0.25, 0.3) is 0 Å². The number of hydrogen-bond donors (Lipinski definition) is 0. The molecule has 0 bridgehead atoms. The van der Waals surface area contributed by atoms with E-state index in [9.17, 15) is 0 Å². The van der Waals surface area contributed by atoms with Crippen molar-refractivity contribution in [1.29, 1.82) is 0 Å². The molecule has 0 radical (unpaired) electrons. The molecule has 0 atom stereocenters. The third kappa shape index (κ3) is 9.78. The fraction of sp³-hybridized carbons (Fsp3) is 0.00952. The van der Waals surface area contributed by atoms with Crippen LogP contribution in [0.1, 0.15) is 11.1 Å². The van der Waals surface area contributed by atoms with Crippen LogP contribution in [0.2, 0.25) is 0 Å². The summed E-state index contributed by atoms with van der Waals surface area (Å²) < 4.78 is 12.5. The number of aromatic nitrogens is 4. The minimum atomic E-state index is 0.940. The lowest BCUT2D eigenvalue weighted by molar-refractivity contribution is 1.16. The highest BCUT2D eigenvalue weighted by Crippen LogP contribution is 2.48. The Kier molecular flexibility index (Phi) is 14.0. The molecule has 5 aromatic heterocycles. The second-order valence-electron chi connectivity index (χ2n) is 29.4. The van der Waals surface area contributed by atoms with Crippen molar-refractivity contribution in [1.82, 2.24) is 18.3 Å². The van der Waals surface area contributed by atoms with Gasteiger partial charge in [-0.05, 0) is 210 Å². The summed E-state index contributed by atoms with van der Waals surface area (Å²) in [7, 11) is 0. The first-order valence-electron chi connectivity index (χ1n) is 38.0. The molecular weight excluding hydrogens is 1350 g/mol. The highest BCUT2D eigenvalue weighted by atomic mass is 32.1. The summed E-state index contributed by atoms with van der Waals surface area (Å²) in [6.07, 6.45) is 0.940. The largest absolute Gasteiger partial charge is 0.309 e. The van der Waals surface area contributed by atoms with Crippen LogP contribution in [0.4, 0.5) is 0 Å². The van der Waals surface area contributed by atoms with Crippen molar-refractivity contribution in [2.24, 2.45) is 0 Å². The molecule has 0 amide bonds. The molecule has 0 saturated carbocycles. The summed E-state index contributed by atoms with van der Waals surface area (Å²) in [6.45, 7) is 0. The van der Waals surface area contributed by atoms with Crippen LogP contribution in [-0.2, 0) is 6.42 Å². The number of nitrogens with zero attached hydrogens (tertiary/aromatic N) is 4. The Morgan fingerprint density at radius 2 is 0.582 bits per heavy atom. The van der Waals surface area contributed by atoms with E-state index >= 15 is 0 Å². The van der Waals surface area contributed by atoms with Gasteiger partial charge in [-0.3, -0.25) is 0 Å². The van der Waals surface area contributed by atoms with Gasteiger partial charge < -0.3 is 18.3 Å². The zero-order chi connectivity index (χ0) is 72.1. The molecule has 18 aromatic carbocycles. The Morgan fingerprint density at radius 1 is 0.200 bits per heavy atom. The van der Waals surface area contributed by atoms with E-state index in [4.69, 9.17) is 0 Å². The molecule has 24 rings (SSSR count). The molecule has 1 aliphatic carbocycles. The second kappa shape index (κ2) is 24.7. The molecule has 5 heterocycles. The van der Waals surface area contributed by atoms with E-state index in [0.717, 1.165) is 17.8 Å². The Bertz CT molecular complexity index is 7720. The predicted molar refractivity (Wildman–Crippen MR) is 468 cm³/mol. The molecule has 0 saturated heterocycles. The van der Waals surface area contributed by atoms with E-state index in [1.165, 1.54) is 207 Å². The van der Waals surface area contributed by atoms with Crippen molar-refractivity contribution in [3.63, 3.8) is 0 Å². The first kappa shape index (κ1) is 62.1. The topological polar surface area (TPSA) is 19.7 Å². The number of rotatable bonds is 8. The van der Waals surface area contributed by atoms with Gasteiger partial charge in [0, 0.05) is 92.4 Å². The Labute approximate surface area is 638 Å². The van der Waals surface area contributed by atoms with Gasteiger partial charge in [0.05, 0.1) is 44.1 Å². The number of benzene rings is 18. The van der Waals surface area contributed by atoms with E-state index in [2.05, 4.69) is 407 Å². The van der Waals surface area contributed by atoms with Crippen LogP contribution >= 0.6 is 11.3 Å². The third-order valence-corrected chi connectivity index (χ3v) is 24.6. The Balaban J connectivity index is 0.000000132. The van der Waals surface area contributed by atoms with Gasteiger partial charge in [0.15, 0.2) is 0 Å². The maximum Gasteiger partial charge on any atom is 0.0634 e. The lowest BCUT2D eigenvalue weighted by Crippen LogP contribution is -1.97. The third-order valence-electron chi connectivity index (χ3n) is 23.4. The average Bonchev–Trinajstić information content (AvgIpc) is 1.57. The number of fused-ring (bicyclic) bond motifs is 22. The zero-order valence-corrected chi connectivity index (χ0v) is 60.7. The summed E-state index contributed by atoms with van der Waals surface area (Å²) in [5, 5.41) is 17.8. The first-order chi connectivity index (χ1) is 54.5. The van der Waals surface area contributed by atoms with Gasteiger partial charge in [-0.15, -0.1) is 11.3 Å². The van der Waals surface area contributed by atoms with Gasteiger partial charge in [-0.25, -0.2) is 0 Å². The van der Waals surface area contributed by atoms with E-state index in [0.29, 0.717) is 0 Å². The van der Waals surface area contributed by atoms with Crippen LogP contribution in [0.15, 0.2) is 388 Å². The predicted octanol–water partition coefficient (Wildman–Crippen LogP) is 28.7. The van der Waals surface area contributed by atoms with E-state index in [-0.39, 0.29) is 0 Å². The van der Waals surface area contributed by atoms with Crippen molar-refractivity contribution in [3.8, 4) is 78.4 Å². The van der Waals surface area contributed by atoms with Gasteiger partial charge in [-0.1, -0.05) is 267 Å². The molecule has 0 unspecified atom stereocenters. The van der Waals surface area contributed by atoms with Crippen LogP contribution in [0.25, 0.3) is 207 Å². The molecule has 512 valence electrons. The smallest absolute Gasteiger partial charge is 0.0634 e. The fourth-order valence-corrected chi connectivity index (χ4v) is 19.4. The van der Waals surface area contributed by atoms with Crippen LogP contribution in [0.3, 0.4) is 0 Å². The molecule has 1 aliphatic rings. The summed E-state index contributed by atoms with van der Waals surface area (Å²) in [5.74, 6) is 0. The average molecular weight is 1420 g/mol. The number of hydrogen-bond acceptors (Lipinski definition) is 1. The standard InChI is InChI=1S/C53H34N2.C52H32N2S/c1-2-10-34(11-3-1)36-18-23-41(24-19-36)54-50-17-9-8-16-45(50)47-31-38(21-28-51(47)54)39-22-29-52-48(32-39)46-27-26-44-43-15-7-6-14-40(43)33-49(44)53(46)55(52)42-25-20-35-12-4-5-13-37(35)30-42;1-2-10-33(11-3-1)35-18-23-39(24-19-35)53-46-16-8-6-14-41(46)44-31-37(21-27-47(44)53)38-22-28-48-45(32-38)42-26-29-50-51(43-15-7-9-17-49(43)55-50)52(42)54(48)40-25-20-34-12-4-5-13-36(34)30-40/h1-32H,33H2;1-32H. The molecule has 5 heteroatoms. The van der Waals surface area contributed by atoms with Gasteiger partial charge in [0.2, 0.25) is 0 Å². The first-order valence-corrected chi connectivity index (χ1v) is 38.8. The minimum absolute atomic E-state index is 0.940. The van der Waals surface area contributed by atoms with Crippen molar-refractivity contribution in [2.75, 3.05) is 0 Å².